The maximum atomic E-state index is 13.0. The molecule has 1 aliphatic heterocycles. The van der Waals surface area contributed by atoms with E-state index in [0.717, 1.165) is 36.4 Å². The van der Waals surface area contributed by atoms with E-state index < -0.39 is 0 Å². The normalized spacial score (nSPS) is 14.6. The molecule has 1 unspecified atom stereocenters. The molecule has 0 saturated heterocycles. The molecule has 7 heteroatoms. The van der Waals surface area contributed by atoms with Gasteiger partial charge in [0, 0.05) is 39.3 Å². The number of nitrogens with one attached hydrogen (secondary N) is 1. The molecule has 0 aliphatic carbocycles. The number of amides is 1. The number of nitrogens with zero attached hydrogens (tertiary/aromatic N) is 4. The molecule has 3 aromatic rings. The lowest BCUT2D eigenvalue weighted by Gasteiger charge is -2.22. The van der Waals surface area contributed by atoms with Gasteiger partial charge >= 0.3 is 0 Å². The van der Waals surface area contributed by atoms with Gasteiger partial charge in [-0.3, -0.25) is 4.79 Å². The highest BCUT2D eigenvalue weighted by Gasteiger charge is 2.26. The van der Waals surface area contributed by atoms with Crippen LogP contribution in [0.5, 0.6) is 5.75 Å². The van der Waals surface area contributed by atoms with Crippen LogP contribution in [0.2, 0.25) is 0 Å². The molecule has 0 radical (unpaired) electrons. The van der Waals surface area contributed by atoms with Gasteiger partial charge in [-0.25, -0.2) is 9.97 Å². The summed E-state index contributed by atoms with van der Waals surface area (Å²) >= 11 is 0. The Bertz CT molecular complexity index is 1030. The molecule has 1 aromatic heterocycles. The van der Waals surface area contributed by atoms with Gasteiger partial charge in [-0.2, -0.15) is 0 Å². The molecule has 2 heterocycles. The number of hydrogen-bond donors (Lipinski definition) is 1. The molecule has 0 spiro atoms. The van der Waals surface area contributed by atoms with Crippen molar-refractivity contribution >= 4 is 11.7 Å². The third-order valence-electron chi connectivity index (χ3n) is 5.68. The molecule has 1 N–H and O–H groups in total. The number of fused-ring (bicyclic) bond motifs is 1. The SMILES string of the molecule is CNCCC(Oc1ccc(CN2CCN(C)c3ncncc3C2=O)cc1)c1ccccc1. The minimum absolute atomic E-state index is 0.0197. The number of carbonyl (C=O) groups excluding carboxylic acids is 1. The highest BCUT2D eigenvalue weighted by molar-refractivity contribution is 5.99. The Balaban J connectivity index is 1.45. The molecule has 0 fully saturated rings. The highest BCUT2D eigenvalue weighted by atomic mass is 16.5. The summed E-state index contributed by atoms with van der Waals surface area (Å²) in [5, 5.41) is 3.20. The zero-order valence-electron chi connectivity index (χ0n) is 18.6. The largest absolute Gasteiger partial charge is 0.486 e. The van der Waals surface area contributed by atoms with E-state index in [4.69, 9.17) is 4.74 Å². The first-order valence-electron chi connectivity index (χ1n) is 10.9. The van der Waals surface area contributed by atoms with Crippen molar-refractivity contribution in [2.75, 3.05) is 38.6 Å². The number of ether oxygens (including phenoxy) is 1. The van der Waals surface area contributed by atoms with Crippen LogP contribution in [-0.2, 0) is 6.54 Å². The summed E-state index contributed by atoms with van der Waals surface area (Å²) in [5.74, 6) is 1.46. The van der Waals surface area contributed by atoms with Gasteiger partial charge in [0.25, 0.3) is 5.91 Å². The Labute approximate surface area is 189 Å². The second-order valence-electron chi connectivity index (χ2n) is 7.96. The average molecular weight is 432 g/mol. The predicted octanol–water partition coefficient (Wildman–Crippen LogP) is 3.30. The van der Waals surface area contributed by atoms with Crippen LogP contribution in [0.15, 0.2) is 67.1 Å². The molecule has 166 valence electrons. The Kier molecular flexibility index (Phi) is 6.97. The van der Waals surface area contributed by atoms with E-state index >= 15 is 0 Å². The molecule has 0 saturated carbocycles. The molecule has 1 amide bonds. The summed E-state index contributed by atoms with van der Waals surface area (Å²) < 4.78 is 6.31. The Hall–Kier alpha value is -3.45. The Morgan fingerprint density at radius 3 is 2.62 bits per heavy atom. The van der Waals surface area contributed by atoms with Crippen LogP contribution in [0.1, 0.15) is 34.0 Å². The molecule has 32 heavy (non-hydrogen) atoms. The van der Waals surface area contributed by atoms with Gasteiger partial charge in [0.15, 0.2) is 0 Å². The van der Waals surface area contributed by atoms with E-state index in [1.807, 2.05) is 66.4 Å². The number of hydrogen-bond acceptors (Lipinski definition) is 6. The first-order chi connectivity index (χ1) is 15.7. The molecule has 1 atom stereocenters. The van der Waals surface area contributed by atoms with Crippen LogP contribution < -0.4 is 15.0 Å². The average Bonchev–Trinajstić information content (AvgIpc) is 2.96. The summed E-state index contributed by atoms with van der Waals surface area (Å²) in [5.41, 5.74) is 2.76. The van der Waals surface area contributed by atoms with E-state index in [1.165, 1.54) is 6.33 Å². The smallest absolute Gasteiger partial charge is 0.259 e. The van der Waals surface area contributed by atoms with Crippen molar-refractivity contribution in [2.45, 2.75) is 19.1 Å². The molecule has 0 bridgehead atoms. The fourth-order valence-corrected chi connectivity index (χ4v) is 3.87. The second-order valence-corrected chi connectivity index (χ2v) is 7.96. The minimum atomic E-state index is -0.0403. The van der Waals surface area contributed by atoms with Gasteiger partial charge in [-0.1, -0.05) is 42.5 Å². The van der Waals surface area contributed by atoms with Gasteiger partial charge in [0.2, 0.25) is 0 Å². The Morgan fingerprint density at radius 2 is 1.88 bits per heavy atom. The van der Waals surface area contributed by atoms with Crippen LogP contribution in [-0.4, -0.2) is 54.5 Å². The molecule has 2 aromatic carbocycles. The van der Waals surface area contributed by atoms with Crippen LogP contribution >= 0.6 is 0 Å². The van der Waals surface area contributed by atoms with E-state index in [0.29, 0.717) is 24.5 Å². The van der Waals surface area contributed by atoms with Crippen molar-refractivity contribution < 1.29 is 9.53 Å². The fourth-order valence-electron chi connectivity index (χ4n) is 3.87. The predicted molar refractivity (Wildman–Crippen MR) is 125 cm³/mol. The summed E-state index contributed by atoms with van der Waals surface area (Å²) in [6.07, 6.45) is 3.94. The Morgan fingerprint density at radius 1 is 1.09 bits per heavy atom. The molecule has 7 nitrogen and oxygen atoms in total. The first-order valence-corrected chi connectivity index (χ1v) is 10.9. The quantitative estimate of drug-likeness (QED) is 0.590. The molecular formula is C25H29N5O2. The van der Waals surface area contributed by atoms with Crippen molar-refractivity contribution in [1.29, 1.82) is 0 Å². The fraction of sp³-hybridized carbons (Fsp3) is 0.320. The maximum Gasteiger partial charge on any atom is 0.259 e. The zero-order valence-corrected chi connectivity index (χ0v) is 18.6. The van der Waals surface area contributed by atoms with E-state index in [2.05, 4.69) is 27.4 Å². The lowest BCUT2D eigenvalue weighted by molar-refractivity contribution is 0.0754. The van der Waals surface area contributed by atoms with Crippen molar-refractivity contribution in [1.82, 2.24) is 20.2 Å². The monoisotopic (exact) mass is 431 g/mol. The van der Waals surface area contributed by atoms with Crippen molar-refractivity contribution in [3.63, 3.8) is 0 Å². The van der Waals surface area contributed by atoms with Crippen LogP contribution in [0, 0.1) is 0 Å². The summed E-state index contributed by atoms with van der Waals surface area (Å²) in [6.45, 7) is 2.75. The van der Waals surface area contributed by atoms with Crippen molar-refractivity contribution in [2.24, 2.45) is 0 Å². The highest BCUT2D eigenvalue weighted by Crippen LogP contribution is 2.26. The van der Waals surface area contributed by atoms with E-state index in [-0.39, 0.29) is 12.0 Å². The molecule has 1 aliphatic rings. The van der Waals surface area contributed by atoms with Gasteiger partial charge in [0.1, 0.15) is 29.6 Å². The van der Waals surface area contributed by atoms with Crippen molar-refractivity contribution in [3.05, 3.63) is 83.8 Å². The number of carbonyl (C=O) groups is 1. The van der Waals surface area contributed by atoms with Gasteiger partial charge < -0.3 is 19.9 Å². The van der Waals surface area contributed by atoms with Gasteiger partial charge in [-0.15, -0.1) is 0 Å². The summed E-state index contributed by atoms with van der Waals surface area (Å²) in [4.78, 5) is 25.2. The summed E-state index contributed by atoms with van der Waals surface area (Å²) in [7, 11) is 3.90. The lowest BCUT2D eigenvalue weighted by atomic mass is 10.1. The topological polar surface area (TPSA) is 70.6 Å². The molecule has 4 rings (SSSR count). The van der Waals surface area contributed by atoms with Crippen molar-refractivity contribution in [3.8, 4) is 5.75 Å². The minimum Gasteiger partial charge on any atom is -0.486 e. The lowest BCUT2D eigenvalue weighted by Crippen LogP contribution is -2.33. The standard InChI is InChI=1S/C25H29N5O2/c1-26-13-12-23(20-6-4-3-5-7-20)32-21-10-8-19(9-11-21)17-30-15-14-29(2)24-22(25(30)31)16-27-18-28-24/h3-11,16,18,23,26H,12-15,17H2,1-2H3. The number of rotatable bonds is 8. The third-order valence-corrected chi connectivity index (χ3v) is 5.68. The van der Waals surface area contributed by atoms with Crippen LogP contribution in [0.4, 0.5) is 5.82 Å². The summed E-state index contributed by atoms with van der Waals surface area (Å²) in [6, 6.07) is 18.3. The number of likely N-dealkylation sites (N-methyl/N-ethyl adjacent to an activating group) is 1. The zero-order chi connectivity index (χ0) is 22.3. The molecular weight excluding hydrogens is 402 g/mol. The second kappa shape index (κ2) is 10.2. The van der Waals surface area contributed by atoms with Gasteiger partial charge in [0.05, 0.1) is 0 Å². The van der Waals surface area contributed by atoms with Crippen LogP contribution in [0.25, 0.3) is 0 Å². The third kappa shape index (κ3) is 5.06. The maximum absolute atomic E-state index is 13.0. The number of anilines is 1. The van der Waals surface area contributed by atoms with E-state index in [1.54, 1.807) is 6.20 Å². The number of aromatic nitrogens is 2. The van der Waals surface area contributed by atoms with Gasteiger partial charge in [-0.05, 0) is 36.9 Å². The van der Waals surface area contributed by atoms with Crippen LogP contribution in [0.3, 0.4) is 0 Å². The van der Waals surface area contributed by atoms with E-state index in [9.17, 15) is 4.79 Å². The first kappa shape index (κ1) is 21.8. The number of benzene rings is 2.